The zero-order chi connectivity index (χ0) is 42.1. The van der Waals surface area contributed by atoms with Gasteiger partial charge in [-0.25, -0.2) is 0 Å². The number of ether oxygens (including phenoxy) is 4. The summed E-state index contributed by atoms with van der Waals surface area (Å²) in [6.07, 6.45) is 0.650. The summed E-state index contributed by atoms with van der Waals surface area (Å²) >= 11 is 0. The van der Waals surface area contributed by atoms with Crippen LogP contribution in [-0.4, -0.2) is 97.1 Å². The van der Waals surface area contributed by atoms with E-state index in [2.05, 4.69) is 5.32 Å². The number of ketones is 1. The number of aromatic hydroxyl groups is 3. The van der Waals surface area contributed by atoms with Gasteiger partial charge in [0.15, 0.2) is 5.75 Å². The number of aliphatic hydroxyl groups excluding tert-OH is 3. The van der Waals surface area contributed by atoms with Gasteiger partial charge in [0.05, 0.1) is 46.8 Å². The zero-order valence-electron chi connectivity index (χ0n) is 32.6. The fourth-order valence-electron chi connectivity index (χ4n) is 7.30. The van der Waals surface area contributed by atoms with Crippen molar-refractivity contribution in [2.75, 3.05) is 19.0 Å². The van der Waals surface area contributed by atoms with Gasteiger partial charge in [-0.2, -0.15) is 0 Å². The van der Waals surface area contributed by atoms with Crippen molar-refractivity contribution in [2.24, 2.45) is 23.7 Å². The number of Topliss-reactive ketones (excluding diaryl/α,β-unsaturated/α-hetero) is 1. The number of phenolic OH excluding ortho intramolecular Hbond substituents is 3. The van der Waals surface area contributed by atoms with Crippen molar-refractivity contribution in [3.05, 3.63) is 62.9 Å². The Kier molecular flexibility index (Phi) is 13.1. The van der Waals surface area contributed by atoms with E-state index in [1.54, 1.807) is 33.8 Å². The molecule has 5 bridgehead atoms. The van der Waals surface area contributed by atoms with Gasteiger partial charge in [0, 0.05) is 66.1 Å². The van der Waals surface area contributed by atoms with E-state index in [1.165, 1.54) is 53.0 Å². The second-order valence-corrected chi connectivity index (χ2v) is 14.6. The van der Waals surface area contributed by atoms with Crippen molar-refractivity contribution >= 4 is 34.1 Å². The van der Waals surface area contributed by atoms with Crippen LogP contribution in [0.5, 0.6) is 23.0 Å². The molecule has 0 fully saturated rings. The highest BCUT2D eigenvalue weighted by Crippen LogP contribution is 2.56. The summed E-state index contributed by atoms with van der Waals surface area (Å²) < 4.78 is 23.2. The molecule has 0 aliphatic carbocycles. The summed E-state index contributed by atoms with van der Waals surface area (Å²) in [4.78, 5) is 50.6. The summed E-state index contributed by atoms with van der Waals surface area (Å²) in [5, 5.41) is 81.2. The Hall–Kier alpha value is -5.23. The van der Waals surface area contributed by atoms with E-state index >= 15 is 0 Å². The number of fused-ring (bicyclic) bond motifs is 14. The molecule has 56 heavy (non-hydrogen) atoms. The highest BCUT2D eigenvalue weighted by atomic mass is 16.7. The van der Waals surface area contributed by atoms with E-state index in [0.717, 1.165) is 6.26 Å². The molecule has 7 N–H and O–H groups in total. The molecule has 10 atom stereocenters. The minimum absolute atomic E-state index is 0.00221. The van der Waals surface area contributed by atoms with E-state index in [4.69, 9.17) is 18.9 Å². The maximum atomic E-state index is 14.2. The Morgan fingerprint density at radius 1 is 1.00 bits per heavy atom. The first-order chi connectivity index (χ1) is 26.1. The number of carbonyl (C=O) groups is 3. The third kappa shape index (κ3) is 8.16. The lowest BCUT2D eigenvalue weighted by Crippen LogP contribution is -2.46. The summed E-state index contributed by atoms with van der Waals surface area (Å²) in [5.41, 5.74) is -1.88. The molecule has 0 aromatic heterocycles. The fourth-order valence-corrected chi connectivity index (χ4v) is 7.30. The van der Waals surface area contributed by atoms with Gasteiger partial charge in [0.2, 0.25) is 6.54 Å². The lowest BCUT2D eigenvalue weighted by Gasteiger charge is -2.38. The van der Waals surface area contributed by atoms with Crippen LogP contribution in [-0.2, 0) is 23.8 Å². The highest BCUT2D eigenvalue weighted by molar-refractivity contribution is 6.22. The van der Waals surface area contributed by atoms with Crippen molar-refractivity contribution in [3.63, 3.8) is 0 Å². The smallest absolute Gasteiger partial charge is 0.312 e. The van der Waals surface area contributed by atoms with Gasteiger partial charge in [-0.15, -0.1) is 0 Å². The summed E-state index contributed by atoms with van der Waals surface area (Å²) in [7, 11) is 1.38. The fraction of sp³-hybridized carbons (Fsp3) is 0.513. The van der Waals surface area contributed by atoms with Gasteiger partial charge < -0.3 is 54.9 Å². The molecule has 2 aromatic carbocycles. The molecule has 2 aromatic rings. The van der Waals surface area contributed by atoms with Crippen molar-refractivity contribution in [3.8, 4) is 23.0 Å². The van der Waals surface area contributed by atoms with E-state index < -0.39 is 134 Å². The Morgan fingerprint density at radius 3 is 2.23 bits per heavy atom. The molecule has 306 valence electrons. The van der Waals surface area contributed by atoms with Gasteiger partial charge in [0.1, 0.15) is 29.5 Å². The average molecular weight is 787 g/mol. The number of nitrogens with zero attached hydrogens (tertiary/aromatic N) is 1. The standard InChI is InChI=1S/C39H50N2O15/c1-16-11-10-12-17(2)38(50)40-29-25(23(43)15-41(51)52)33(47)26-27(34(29)48)32(46)21(6)36-28(26)37(49)39(8,56-36)54-14-13-24(53-9)18(3)35(55-22(7)42)20(5)31(45)19(4)30(16)44/h10-14,16,18-20,23-24,30-31,35,43-48H,15H2,1-9H3,(H,40,50)/b11-10+,14-13+,17-12-/t16-,18+,19+,20+,23-,24-,30-,31+,35+,39-/m0/s1. The third-order valence-corrected chi connectivity index (χ3v) is 10.7. The molecule has 0 radical (unpaired) electrons. The van der Waals surface area contributed by atoms with Crippen LogP contribution in [0, 0.1) is 40.7 Å². The predicted octanol–water partition coefficient (Wildman–Crippen LogP) is 4.06. The molecule has 3 aliphatic rings. The molecular formula is C39H50N2O15. The maximum Gasteiger partial charge on any atom is 0.312 e. The number of hydrogen-bond donors (Lipinski definition) is 7. The van der Waals surface area contributed by atoms with Crippen LogP contribution in [0.25, 0.3) is 10.8 Å². The molecule has 17 nitrogen and oxygen atoms in total. The van der Waals surface area contributed by atoms with Crippen LogP contribution in [0.4, 0.5) is 5.69 Å². The number of esters is 1. The number of phenols is 3. The Morgan fingerprint density at radius 2 is 1.64 bits per heavy atom. The minimum Gasteiger partial charge on any atom is -0.507 e. The van der Waals surface area contributed by atoms with Crippen LogP contribution in [0.2, 0.25) is 0 Å². The number of anilines is 1. The zero-order valence-corrected chi connectivity index (χ0v) is 32.6. The van der Waals surface area contributed by atoms with Crippen molar-refractivity contribution in [1.29, 1.82) is 0 Å². The number of hydrogen-bond acceptors (Lipinski definition) is 15. The van der Waals surface area contributed by atoms with Crippen LogP contribution in [0.15, 0.2) is 36.1 Å². The molecule has 3 aliphatic heterocycles. The topological polar surface area (TPSA) is 265 Å². The van der Waals surface area contributed by atoms with Gasteiger partial charge in [0.25, 0.3) is 11.7 Å². The lowest BCUT2D eigenvalue weighted by atomic mass is 9.78. The van der Waals surface area contributed by atoms with E-state index in [-0.39, 0.29) is 16.9 Å². The first-order valence-electron chi connectivity index (χ1n) is 18.0. The van der Waals surface area contributed by atoms with E-state index in [1.807, 2.05) is 0 Å². The second-order valence-electron chi connectivity index (χ2n) is 14.6. The number of benzene rings is 2. The molecule has 0 saturated carbocycles. The summed E-state index contributed by atoms with van der Waals surface area (Å²) in [6.45, 7) is 10.7. The van der Waals surface area contributed by atoms with Crippen molar-refractivity contribution in [2.45, 2.75) is 91.7 Å². The molecular weight excluding hydrogens is 736 g/mol. The number of amides is 1. The van der Waals surface area contributed by atoms with Gasteiger partial charge in [-0.1, -0.05) is 45.9 Å². The number of allylic oxidation sites excluding steroid dienone is 2. The molecule has 0 saturated heterocycles. The minimum atomic E-state index is -2.18. The number of methoxy groups -OCH3 is 1. The largest absolute Gasteiger partial charge is 0.507 e. The van der Waals surface area contributed by atoms with Gasteiger partial charge in [-0.3, -0.25) is 24.5 Å². The normalized spacial score (nSPS) is 31.5. The van der Waals surface area contributed by atoms with E-state index in [0.29, 0.717) is 0 Å². The molecule has 0 spiro atoms. The Bertz CT molecular complexity index is 1990. The number of nitrogens with one attached hydrogen (secondary N) is 1. The summed E-state index contributed by atoms with van der Waals surface area (Å²) in [6, 6.07) is 0. The highest BCUT2D eigenvalue weighted by Gasteiger charge is 2.50. The van der Waals surface area contributed by atoms with Gasteiger partial charge in [-0.05, 0) is 19.9 Å². The van der Waals surface area contributed by atoms with Crippen LogP contribution in [0.1, 0.15) is 76.1 Å². The number of carbonyl (C=O) groups excluding carboxylic acids is 3. The third-order valence-electron chi connectivity index (χ3n) is 10.7. The van der Waals surface area contributed by atoms with Crippen LogP contribution in [0.3, 0.4) is 0 Å². The quantitative estimate of drug-likeness (QED) is 0.0741. The number of nitro groups is 1. The maximum absolute atomic E-state index is 14.2. The Balaban J connectivity index is 1.99. The Labute approximate surface area is 323 Å². The van der Waals surface area contributed by atoms with Gasteiger partial charge >= 0.3 is 11.8 Å². The second kappa shape index (κ2) is 16.9. The lowest BCUT2D eigenvalue weighted by molar-refractivity contribution is -0.491. The molecule has 17 heteroatoms. The van der Waals surface area contributed by atoms with E-state index in [9.17, 15) is 55.1 Å². The number of aliphatic hydroxyl groups is 3. The molecule has 0 unspecified atom stereocenters. The van der Waals surface area contributed by atoms with Crippen LogP contribution >= 0.6 is 0 Å². The first kappa shape index (κ1) is 43.5. The number of rotatable bonds is 5. The molecule has 5 rings (SSSR count). The van der Waals surface area contributed by atoms with Crippen LogP contribution < -0.4 is 10.1 Å². The summed E-state index contributed by atoms with van der Waals surface area (Å²) in [5.74, 6) is -10.2. The monoisotopic (exact) mass is 786 g/mol. The molecule has 1 amide bonds. The van der Waals surface area contributed by atoms with Crippen molar-refractivity contribution < 1.29 is 68.9 Å². The average Bonchev–Trinajstić information content (AvgIpc) is 3.39. The van der Waals surface area contributed by atoms with Crippen molar-refractivity contribution in [1.82, 2.24) is 0 Å². The molecule has 3 heterocycles. The SMILES string of the molecule is CO[C@H]1/C=C/O[C@@]2(C)Oc3c(C)c(O)c4c(O)c(c([C@@H](O)C[N+](=O)[O-])c(O)c4c3C2=O)NC(=O)/C(C)=C\C=C\[C@H](C)[C@H](O)[C@@H](C)[C@@H](O)[C@@H](C)[C@H](OC(C)=O)[C@@H]1C. The predicted molar refractivity (Wildman–Crippen MR) is 201 cm³/mol. The first-order valence-corrected chi connectivity index (χ1v) is 18.0.